The van der Waals surface area contributed by atoms with Crippen molar-refractivity contribution in [2.24, 2.45) is 0 Å². The number of hydrogen-bond donors (Lipinski definition) is 1. The molecular weight excluding hydrogens is 462 g/mol. The van der Waals surface area contributed by atoms with Gasteiger partial charge in [-0.2, -0.15) is 4.72 Å². The molecule has 0 spiro atoms. The van der Waals surface area contributed by atoms with E-state index in [9.17, 15) is 4.55 Å². The fourth-order valence-corrected chi connectivity index (χ4v) is 4.67. The summed E-state index contributed by atoms with van der Waals surface area (Å²) < 4.78 is 28.7. The van der Waals surface area contributed by atoms with E-state index in [1.165, 1.54) is 11.3 Å². The minimum Gasteiger partial charge on any atom is -0.593 e. The minimum absolute atomic E-state index is 0.281. The van der Waals surface area contributed by atoms with E-state index >= 15 is 0 Å². The van der Waals surface area contributed by atoms with Crippen LogP contribution < -0.4 is 14.2 Å². The Morgan fingerprint density at radius 2 is 1.79 bits per heavy atom. The molecule has 4 rings (SSSR count). The Balaban J connectivity index is 1.69. The van der Waals surface area contributed by atoms with E-state index in [4.69, 9.17) is 9.47 Å². The molecule has 33 heavy (non-hydrogen) atoms. The number of thiazole rings is 1. The summed E-state index contributed by atoms with van der Waals surface area (Å²) in [7, 11) is 3.14. The van der Waals surface area contributed by atoms with Crippen LogP contribution in [0.5, 0.6) is 11.5 Å². The maximum absolute atomic E-state index is 12.9. The van der Waals surface area contributed by atoms with Gasteiger partial charge < -0.3 is 14.0 Å². The quantitative estimate of drug-likeness (QED) is 0.356. The Hall–Kier alpha value is -3.22. The lowest BCUT2D eigenvalue weighted by atomic mass is 10.2. The number of rotatable bonds is 9. The van der Waals surface area contributed by atoms with Gasteiger partial charge in [-0.05, 0) is 31.5 Å². The van der Waals surface area contributed by atoms with Gasteiger partial charge in [-0.1, -0.05) is 6.07 Å². The number of nitrogens with one attached hydrogen (secondary N) is 1. The van der Waals surface area contributed by atoms with Gasteiger partial charge in [0.2, 0.25) is 0 Å². The molecule has 0 bridgehead atoms. The summed E-state index contributed by atoms with van der Waals surface area (Å²) >= 11 is -0.0248. The lowest BCUT2D eigenvalue weighted by Crippen LogP contribution is -2.21. The molecule has 12 heteroatoms. The van der Waals surface area contributed by atoms with Gasteiger partial charge >= 0.3 is 0 Å². The maximum Gasteiger partial charge on any atom is 0.271 e. The van der Waals surface area contributed by atoms with E-state index < -0.39 is 11.4 Å². The van der Waals surface area contributed by atoms with Crippen LogP contribution in [0.2, 0.25) is 0 Å². The van der Waals surface area contributed by atoms with Gasteiger partial charge in [0.25, 0.3) is 5.95 Å². The smallest absolute Gasteiger partial charge is 0.271 e. The third kappa shape index (κ3) is 5.07. The molecule has 0 amide bonds. The van der Waals surface area contributed by atoms with Gasteiger partial charge in [0, 0.05) is 23.5 Å². The molecule has 1 N–H and O–H groups in total. The molecule has 0 aliphatic rings. The van der Waals surface area contributed by atoms with Crippen LogP contribution in [0.15, 0.2) is 36.0 Å². The molecule has 0 aliphatic heterocycles. The zero-order valence-corrected chi connectivity index (χ0v) is 20.2. The third-order valence-corrected chi connectivity index (χ3v) is 6.59. The highest BCUT2D eigenvalue weighted by Crippen LogP contribution is 2.38. The first-order chi connectivity index (χ1) is 16.0. The van der Waals surface area contributed by atoms with Crippen molar-refractivity contribution in [3.8, 4) is 28.0 Å². The Bertz CT molecular complexity index is 1200. The molecular formula is C21H23N7O3S2. The van der Waals surface area contributed by atoms with Gasteiger partial charge in [-0.25, -0.2) is 19.5 Å². The van der Waals surface area contributed by atoms with Gasteiger partial charge in [-0.15, -0.1) is 21.5 Å². The summed E-state index contributed by atoms with van der Waals surface area (Å²) in [5.41, 5.74) is 2.42. The van der Waals surface area contributed by atoms with Gasteiger partial charge in [0.1, 0.15) is 28.8 Å². The average Bonchev–Trinajstić information content (AvgIpc) is 3.43. The summed E-state index contributed by atoms with van der Waals surface area (Å²) in [6, 6.07) is 5.44. The van der Waals surface area contributed by atoms with Gasteiger partial charge in [0.05, 0.1) is 32.0 Å². The highest BCUT2D eigenvalue weighted by molar-refractivity contribution is 7.92. The number of benzene rings is 1. The van der Waals surface area contributed by atoms with Crippen LogP contribution in [0.1, 0.15) is 17.1 Å². The molecule has 1 aromatic carbocycles. The number of nitrogens with zero attached hydrogens (tertiary/aromatic N) is 6. The van der Waals surface area contributed by atoms with Crippen LogP contribution in [0.25, 0.3) is 16.5 Å². The van der Waals surface area contributed by atoms with Crippen molar-refractivity contribution >= 4 is 28.6 Å². The van der Waals surface area contributed by atoms with E-state index in [-0.39, 0.29) is 5.95 Å². The number of hydrogen-bond acceptors (Lipinski definition) is 10. The van der Waals surface area contributed by atoms with Crippen molar-refractivity contribution < 1.29 is 14.0 Å². The largest absolute Gasteiger partial charge is 0.593 e. The number of ether oxygens (including phenoxy) is 2. The van der Waals surface area contributed by atoms with Crippen molar-refractivity contribution in [2.75, 3.05) is 24.7 Å². The second-order valence-electron chi connectivity index (χ2n) is 7.07. The highest BCUT2D eigenvalue weighted by atomic mass is 32.2. The second kappa shape index (κ2) is 10.1. The minimum atomic E-state index is -1.47. The Morgan fingerprint density at radius 3 is 2.39 bits per heavy atom. The predicted molar refractivity (Wildman–Crippen MR) is 127 cm³/mol. The fraction of sp³-hybridized carbons (Fsp3) is 0.286. The Labute approximate surface area is 198 Å². The van der Waals surface area contributed by atoms with Crippen LogP contribution in [0, 0.1) is 13.8 Å². The van der Waals surface area contributed by atoms with E-state index in [1.54, 1.807) is 31.2 Å². The Kier molecular flexibility index (Phi) is 7.06. The second-order valence-corrected chi connectivity index (χ2v) is 9.23. The average molecular weight is 486 g/mol. The van der Waals surface area contributed by atoms with Crippen LogP contribution in [-0.4, -0.2) is 54.2 Å². The third-order valence-electron chi connectivity index (χ3n) is 4.65. The van der Waals surface area contributed by atoms with Crippen molar-refractivity contribution in [3.05, 3.63) is 53.1 Å². The number of methoxy groups -OCH3 is 2. The summed E-state index contributed by atoms with van der Waals surface area (Å²) in [5.74, 6) is 2.78. The SMILES string of the molecule is COc1cccc(OC)c1-n1c(N[S+]([O-])CCc2ncc(C)cn2)nnc1-c1nc(C)cs1. The normalized spacial score (nSPS) is 11.9. The lowest BCUT2D eigenvalue weighted by molar-refractivity contribution is 0.391. The van der Waals surface area contributed by atoms with Gasteiger partial charge in [0.15, 0.2) is 10.8 Å². The molecule has 0 saturated carbocycles. The number of aromatic nitrogens is 6. The molecule has 3 heterocycles. The molecule has 4 aromatic rings. The first-order valence-electron chi connectivity index (χ1n) is 10.0. The van der Waals surface area contributed by atoms with Crippen molar-refractivity contribution in [3.63, 3.8) is 0 Å². The van der Waals surface area contributed by atoms with Crippen LogP contribution >= 0.6 is 11.3 Å². The summed E-state index contributed by atoms with van der Waals surface area (Å²) in [4.78, 5) is 13.1. The molecule has 1 unspecified atom stereocenters. The molecule has 3 aromatic heterocycles. The topological polar surface area (TPSA) is 123 Å². The highest BCUT2D eigenvalue weighted by Gasteiger charge is 2.26. The number of para-hydroxylation sites is 1. The number of aryl methyl sites for hydroxylation is 3. The molecule has 0 saturated heterocycles. The zero-order chi connectivity index (χ0) is 23.4. The van der Waals surface area contributed by atoms with Crippen LogP contribution in [-0.2, 0) is 17.8 Å². The monoisotopic (exact) mass is 485 g/mol. The Morgan fingerprint density at radius 1 is 1.09 bits per heavy atom. The van der Waals surface area contributed by atoms with E-state index in [0.29, 0.717) is 46.0 Å². The standard InChI is InChI=1S/C21H23N7O3S2/c1-13-10-22-17(23-11-13)8-9-33(29)27-21-26-25-19(20-24-14(2)12-32-20)28(21)18-15(30-3)6-5-7-16(18)31-4/h5-7,10-12H,8-9H2,1-4H3,(H,26,27). The van der Waals surface area contributed by atoms with Crippen molar-refractivity contribution in [2.45, 2.75) is 20.3 Å². The first kappa shape index (κ1) is 23.0. The molecule has 0 aliphatic carbocycles. The summed E-state index contributed by atoms with van der Waals surface area (Å²) in [6.07, 6.45) is 3.93. The van der Waals surface area contributed by atoms with Crippen molar-refractivity contribution in [1.29, 1.82) is 0 Å². The predicted octanol–water partition coefficient (Wildman–Crippen LogP) is 3.13. The maximum atomic E-state index is 12.9. The fourth-order valence-electron chi connectivity index (χ4n) is 3.09. The van der Waals surface area contributed by atoms with Gasteiger partial charge in [-0.3, -0.25) is 0 Å². The molecule has 10 nitrogen and oxygen atoms in total. The van der Waals surface area contributed by atoms with E-state index in [0.717, 1.165) is 11.3 Å². The molecule has 172 valence electrons. The number of anilines is 1. The van der Waals surface area contributed by atoms with Crippen molar-refractivity contribution in [1.82, 2.24) is 29.7 Å². The van der Waals surface area contributed by atoms with Crippen LogP contribution in [0.3, 0.4) is 0 Å². The van der Waals surface area contributed by atoms with E-state index in [1.807, 2.05) is 37.4 Å². The molecule has 0 radical (unpaired) electrons. The summed E-state index contributed by atoms with van der Waals surface area (Å²) in [6.45, 7) is 3.83. The lowest BCUT2D eigenvalue weighted by Gasteiger charge is -2.17. The summed E-state index contributed by atoms with van der Waals surface area (Å²) in [5, 5.41) is 11.2. The van der Waals surface area contributed by atoms with E-state index in [2.05, 4.69) is 29.9 Å². The zero-order valence-electron chi connectivity index (χ0n) is 18.6. The van der Waals surface area contributed by atoms with Crippen LogP contribution in [0.4, 0.5) is 5.95 Å². The molecule has 0 fully saturated rings. The first-order valence-corrected chi connectivity index (χ1v) is 12.2. The molecule has 1 atom stereocenters.